The van der Waals surface area contributed by atoms with Crippen molar-refractivity contribution < 1.29 is 9.59 Å². The molecule has 2 aromatic rings. The highest BCUT2D eigenvalue weighted by atomic mass is 79.9. The van der Waals surface area contributed by atoms with Crippen LogP contribution >= 0.6 is 27.5 Å². The Morgan fingerprint density at radius 3 is 2.47 bits per heavy atom. The quantitative estimate of drug-likeness (QED) is 0.471. The minimum atomic E-state index is -0.224. The minimum Gasteiger partial charge on any atom is -0.306 e. The van der Waals surface area contributed by atoms with E-state index in [1.807, 2.05) is 6.07 Å². The van der Waals surface area contributed by atoms with Crippen LogP contribution in [0.5, 0.6) is 0 Å². The summed E-state index contributed by atoms with van der Waals surface area (Å²) in [7, 11) is 1.78. The number of halogens is 2. The van der Waals surface area contributed by atoms with Crippen LogP contribution in [0.3, 0.4) is 0 Å². The van der Waals surface area contributed by atoms with E-state index in [9.17, 15) is 9.59 Å². The molecule has 0 aliphatic rings. The molecule has 0 radical (unpaired) electrons. The summed E-state index contributed by atoms with van der Waals surface area (Å²) < 4.78 is 0.594. The molecule has 1 unspecified atom stereocenters. The zero-order valence-corrected chi connectivity index (χ0v) is 19.3. The van der Waals surface area contributed by atoms with Crippen molar-refractivity contribution in [2.45, 2.75) is 6.92 Å². The molecule has 0 spiro atoms. The van der Waals surface area contributed by atoms with Crippen LogP contribution in [0, 0.1) is 17.2 Å². The minimum absolute atomic E-state index is 0.0912. The van der Waals surface area contributed by atoms with E-state index in [0.717, 1.165) is 0 Å². The second-order valence-electron chi connectivity index (χ2n) is 7.08. The molecule has 0 fully saturated rings. The molecule has 1 atom stereocenters. The van der Waals surface area contributed by atoms with Crippen molar-refractivity contribution in [3.05, 3.63) is 75.7 Å². The third-order valence-electron chi connectivity index (χ3n) is 4.37. The number of amides is 1. The number of anilines is 1. The summed E-state index contributed by atoms with van der Waals surface area (Å²) in [6.07, 6.45) is 0. The van der Waals surface area contributed by atoms with E-state index >= 15 is 0 Å². The lowest BCUT2D eigenvalue weighted by Gasteiger charge is -2.27. The van der Waals surface area contributed by atoms with Crippen LogP contribution in [0.1, 0.15) is 22.8 Å². The summed E-state index contributed by atoms with van der Waals surface area (Å²) >= 11 is 9.50. The Labute approximate surface area is 190 Å². The van der Waals surface area contributed by atoms with Gasteiger partial charge in [-0.1, -0.05) is 64.4 Å². The van der Waals surface area contributed by atoms with E-state index < -0.39 is 0 Å². The van der Waals surface area contributed by atoms with Crippen LogP contribution in [0.4, 0.5) is 5.69 Å². The van der Waals surface area contributed by atoms with E-state index in [0.29, 0.717) is 32.9 Å². The number of rotatable bonds is 9. The van der Waals surface area contributed by atoms with Gasteiger partial charge in [0.15, 0.2) is 5.78 Å². The van der Waals surface area contributed by atoms with Crippen molar-refractivity contribution in [2.75, 3.05) is 31.6 Å². The highest BCUT2D eigenvalue weighted by molar-refractivity contribution is 9.11. The Hall–Kier alpha value is -2.46. The van der Waals surface area contributed by atoms with Crippen LogP contribution in [0.25, 0.3) is 0 Å². The molecule has 0 N–H and O–H groups in total. The summed E-state index contributed by atoms with van der Waals surface area (Å²) in [5.74, 6) is -0.640. The maximum absolute atomic E-state index is 13.2. The standard InChI is InChI=1S/C23H23BrClN3O2/c1-16(12-26)13-27(3)15-22(29)28(14-17(2)24)21-10-9-19(25)11-20(21)23(30)18-7-5-4-6-8-18/h4-11,16H,2,13-15H2,1,3H3. The summed E-state index contributed by atoms with van der Waals surface area (Å²) in [6, 6.07) is 15.9. The van der Waals surface area contributed by atoms with Crippen molar-refractivity contribution in [3.63, 3.8) is 0 Å². The van der Waals surface area contributed by atoms with Gasteiger partial charge in [0.25, 0.3) is 0 Å². The van der Waals surface area contributed by atoms with Gasteiger partial charge in [-0.3, -0.25) is 14.5 Å². The highest BCUT2D eigenvalue weighted by Gasteiger charge is 2.24. The normalized spacial score (nSPS) is 11.6. The number of hydrogen-bond donors (Lipinski definition) is 0. The molecule has 0 aromatic heterocycles. The van der Waals surface area contributed by atoms with Crippen molar-refractivity contribution in [3.8, 4) is 6.07 Å². The summed E-state index contributed by atoms with van der Waals surface area (Å²) in [4.78, 5) is 29.6. The van der Waals surface area contributed by atoms with E-state index in [2.05, 4.69) is 28.6 Å². The average molecular weight is 489 g/mol. The Kier molecular flexibility index (Phi) is 8.79. The largest absolute Gasteiger partial charge is 0.306 e. The van der Waals surface area contributed by atoms with Crippen LogP contribution in [-0.4, -0.2) is 43.3 Å². The number of benzene rings is 2. The predicted octanol–water partition coefficient (Wildman–Crippen LogP) is 4.90. The fraction of sp³-hybridized carbons (Fsp3) is 0.261. The Morgan fingerprint density at radius 1 is 1.20 bits per heavy atom. The second kappa shape index (κ2) is 11.1. The number of likely N-dealkylation sites (N-methyl/N-ethyl adjacent to an activating group) is 1. The summed E-state index contributed by atoms with van der Waals surface area (Å²) in [5.41, 5.74) is 1.30. The first-order chi connectivity index (χ1) is 14.2. The molecule has 0 bridgehead atoms. The number of nitriles is 1. The Bertz CT molecular complexity index is 972. The highest BCUT2D eigenvalue weighted by Crippen LogP contribution is 2.28. The molecule has 5 nitrogen and oxygen atoms in total. The molecule has 156 valence electrons. The van der Waals surface area contributed by atoms with Crippen molar-refractivity contribution in [2.24, 2.45) is 5.92 Å². The molecular weight excluding hydrogens is 466 g/mol. The zero-order valence-electron chi connectivity index (χ0n) is 16.9. The topological polar surface area (TPSA) is 64.4 Å². The molecule has 0 heterocycles. The molecule has 0 saturated carbocycles. The SMILES string of the molecule is C=C(Br)CN(C(=O)CN(C)CC(C)C#N)c1ccc(Cl)cc1C(=O)c1ccccc1. The Morgan fingerprint density at radius 2 is 1.87 bits per heavy atom. The van der Waals surface area contributed by atoms with Gasteiger partial charge < -0.3 is 4.90 Å². The van der Waals surface area contributed by atoms with Gasteiger partial charge >= 0.3 is 0 Å². The van der Waals surface area contributed by atoms with E-state index in [1.165, 1.54) is 4.90 Å². The van der Waals surface area contributed by atoms with Gasteiger partial charge in [0.1, 0.15) is 0 Å². The molecule has 30 heavy (non-hydrogen) atoms. The number of nitrogens with zero attached hydrogens (tertiary/aromatic N) is 3. The molecule has 0 aliphatic carbocycles. The fourth-order valence-corrected chi connectivity index (χ4v) is 3.46. The van der Waals surface area contributed by atoms with Crippen molar-refractivity contribution >= 4 is 44.9 Å². The smallest absolute Gasteiger partial charge is 0.241 e. The molecule has 0 aliphatic heterocycles. The average Bonchev–Trinajstić information content (AvgIpc) is 2.71. The second-order valence-corrected chi connectivity index (χ2v) is 8.64. The lowest BCUT2D eigenvalue weighted by molar-refractivity contribution is -0.119. The fourth-order valence-electron chi connectivity index (χ4n) is 3.04. The first kappa shape index (κ1) is 23.8. The third kappa shape index (κ3) is 6.53. The molecule has 0 saturated heterocycles. The van der Waals surface area contributed by atoms with Crippen LogP contribution in [0.2, 0.25) is 5.02 Å². The maximum atomic E-state index is 13.2. The van der Waals surface area contributed by atoms with Gasteiger partial charge in [-0.25, -0.2) is 0 Å². The van der Waals surface area contributed by atoms with E-state index in [4.69, 9.17) is 16.9 Å². The summed E-state index contributed by atoms with van der Waals surface area (Å²) in [5, 5.41) is 9.42. The predicted molar refractivity (Wildman–Crippen MR) is 124 cm³/mol. The first-order valence-corrected chi connectivity index (χ1v) is 10.5. The molecular formula is C23H23BrClN3O2. The van der Waals surface area contributed by atoms with Crippen molar-refractivity contribution in [1.82, 2.24) is 4.90 Å². The first-order valence-electron chi connectivity index (χ1n) is 9.34. The zero-order chi connectivity index (χ0) is 22.3. The molecule has 1 amide bonds. The van der Waals surface area contributed by atoms with Gasteiger partial charge in [-0.15, -0.1) is 0 Å². The number of carbonyl (C=O) groups excluding carboxylic acids is 2. The van der Waals surface area contributed by atoms with E-state index in [-0.39, 0.29) is 30.7 Å². The summed E-state index contributed by atoms with van der Waals surface area (Å²) in [6.45, 7) is 6.39. The molecule has 2 rings (SSSR count). The maximum Gasteiger partial charge on any atom is 0.241 e. The lowest BCUT2D eigenvalue weighted by atomic mass is 10.0. The number of hydrogen-bond acceptors (Lipinski definition) is 4. The number of ketones is 1. The number of carbonyl (C=O) groups is 2. The van der Waals surface area contributed by atoms with Crippen LogP contribution in [-0.2, 0) is 4.79 Å². The van der Waals surface area contributed by atoms with Gasteiger partial charge in [0, 0.05) is 27.2 Å². The molecule has 7 heteroatoms. The Balaban J connectivity index is 2.42. The van der Waals surface area contributed by atoms with Crippen LogP contribution in [0.15, 0.2) is 59.6 Å². The van der Waals surface area contributed by atoms with Gasteiger partial charge in [-0.05, 0) is 32.2 Å². The van der Waals surface area contributed by atoms with Gasteiger partial charge in [-0.2, -0.15) is 5.26 Å². The lowest BCUT2D eigenvalue weighted by Crippen LogP contribution is -2.41. The van der Waals surface area contributed by atoms with Crippen LogP contribution < -0.4 is 4.90 Å². The third-order valence-corrected chi connectivity index (χ3v) is 4.86. The van der Waals surface area contributed by atoms with Crippen molar-refractivity contribution in [1.29, 1.82) is 5.26 Å². The van der Waals surface area contributed by atoms with Gasteiger partial charge in [0.2, 0.25) is 5.91 Å². The van der Waals surface area contributed by atoms with E-state index in [1.54, 1.807) is 61.3 Å². The van der Waals surface area contributed by atoms with Gasteiger partial charge in [0.05, 0.1) is 30.8 Å². The molecule has 2 aromatic carbocycles. The monoisotopic (exact) mass is 487 g/mol.